The lowest BCUT2D eigenvalue weighted by Crippen LogP contribution is -2.25. The van der Waals surface area contributed by atoms with E-state index in [9.17, 15) is 0 Å². The summed E-state index contributed by atoms with van der Waals surface area (Å²) in [4.78, 5) is 2.54. The van der Waals surface area contributed by atoms with Crippen LogP contribution in [0.1, 0.15) is 52.4 Å². The van der Waals surface area contributed by atoms with Crippen molar-refractivity contribution in [2.24, 2.45) is 0 Å². The van der Waals surface area contributed by atoms with E-state index in [1.165, 1.54) is 63.8 Å². The molecule has 0 saturated carbocycles. The first-order valence-corrected chi connectivity index (χ1v) is 8.39. The van der Waals surface area contributed by atoms with E-state index in [0.29, 0.717) is 0 Å². The second-order valence-electron chi connectivity index (χ2n) is 5.49. The number of unbranched alkanes of at least 4 members (excludes halogenated alkanes) is 3. The normalized spacial score (nSPS) is 10.7. The van der Waals surface area contributed by atoms with Gasteiger partial charge in [0.05, 0.1) is 0 Å². The molecular formula is C18H32N2. The standard InChI is InChI=1S/C18H32N2/c1-3-5-16-20(18-12-8-6-9-13-18)17-11-7-10-15-19-14-4-2/h6,8-9,12-13,19H,3-5,7,10-11,14-17H2,1-2H3. The quantitative estimate of drug-likeness (QED) is 0.567. The molecule has 0 spiro atoms. The Morgan fingerprint density at radius 3 is 2.25 bits per heavy atom. The molecule has 0 fully saturated rings. The Balaban J connectivity index is 2.24. The van der Waals surface area contributed by atoms with Gasteiger partial charge in [0.25, 0.3) is 0 Å². The highest BCUT2D eigenvalue weighted by atomic mass is 15.1. The fraction of sp³-hybridized carbons (Fsp3) is 0.667. The van der Waals surface area contributed by atoms with Gasteiger partial charge in [0.15, 0.2) is 0 Å². The van der Waals surface area contributed by atoms with Gasteiger partial charge >= 0.3 is 0 Å². The van der Waals surface area contributed by atoms with Crippen LogP contribution in [-0.2, 0) is 0 Å². The van der Waals surface area contributed by atoms with Gasteiger partial charge in [0.2, 0.25) is 0 Å². The maximum atomic E-state index is 3.48. The number of benzene rings is 1. The molecule has 2 nitrogen and oxygen atoms in total. The molecule has 0 aliphatic rings. The van der Waals surface area contributed by atoms with Crippen LogP contribution in [-0.4, -0.2) is 26.2 Å². The molecule has 0 heterocycles. The van der Waals surface area contributed by atoms with E-state index in [2.05, 4.69) is 54.4 Å². The summed E-state index contributed by atoms with van der Waals surface area (Å²) < 4.78 is 0. The lowest BCUT2D eigenvalue weighted by atomic mass is 10.2. The molecule has 0 aliphatic carbocycles. The highest BCUT2D eigenvalue weighted by molar-refractivity contribution is 5.45. The van der Waals surface area contributed by atoms with Crippen LogP contribution in [0.5, 0.6) is 0 Å². The van der Waals surface area contributed by atoms with Crippen molar-refractivity contribution in [1.29, 1.82) is 0 Å². The van der Waals surface area contributed by atoms with Crippen molar-refractivity contribution in [2.45, 2.75) is 52.4 Å². The number of para-hydroxylation sites is 1. The summed E-state index contributed by atoms with van der Waals surface area (Å²) in [5.74, 6) is 0. The predicted molar refractivity (Wildman–Crippen MR) is 90.6 cm³/mol. The van der Waals surface area contributed by atoms with Gasteiger partial charge in [-0.15, -0.1) is 0 Å². The fourth-order valence-electron chi connectivity index (χ4n) is 2.39. The molecule has 20 heavy (non-hydrogen) atoms. The number of rotatable bonds is 12. The molecule has 0 aliphatic heterocycles. The van der Waals surface area contributed by atoms with Gasteiger partial charge in [-0.3, -0.25) is 0 Å². The highest BCUT2D eigenvalue weighted by Gasteiger charge is 2.04. The van der Waals surface area contributed by atoms with Crippen LogP contribution >= 0.6 is 0 Å². The third kappa shape index (κ3) is 7.54. The lowest BCUT2D eigenvalue weighted by Gasteiger charge is -2.24. The zero-order valence-corrected chi connectivity index (χ0v) is 13.4. The minimum absolute atomic E-state index is 1.16. The molecule has 1 rings (SSSR count). The van der Waals surface area contributed by atoms with E-state index in [0.717, 1.165) is 6.54 Å². The molecule has 1 aromatic carbocycles. The molecular weight excluding hydrogens is 244 g/mol. The maximum absolute atomic E-state index is 3.48. The minimum Gasteiger partial charge on any atom is -0.372 e. The Hall–Kier alpha value is -1.02. The molecule has 0 amide bonds. The third-order valence-electron chi connectivity index (χ3n) is 3.61. The summed E-state index contributed by atoms with van der Waals surface area (Å²) in [6, 6.07) is 10.9. The van der Waals surface area contributed by atoms with E-state index in [1.54, 1.807) is 0 Å². The molecule has 1 aromatic rings. The van der Waals surface area contributed by atoms with Gasteiger partial charge in [0.1, 0.15) is 0 Å². The maximum Gasteiger partial charge on any atom is 0.0366 e. The first-order valence-electron chi connectivity index (χ1n) is 8.39. The second-order valence-corrected chi connectivity index (χ2v) is 5.49. The van der Waals surface area contributed by atoms with E-state index >= 15 is 0 Å². The molecule has 1 N–H and O–H groups in total. The van der Waals surface area contributed by atoms with Crippen LogP contribution in [0, 0.1) is 0 Å². The van der Waals surface area contributed by atoms with Gasteiger partial charge in [-0.25, -0.2) is 0 Å². The largest absolute Gasteiger partial charge is 0.372 e. The molecule has 0 atom stereocenters. The molecule has 2 heteroatoms. The summed E-state index contributed by atoms with van der Waals surface area (Å²) in [7, 11) is 0. The zero-order valence-electron chi connectivity index (χ0n) is 13.4. The molecule has 114 valence electrons. The number of hydrogen-bond donors (Lipinski definition) is 1. The summed E-state index contributed by atoms with van der Waals surface area (Å²) in [5, 5.41) is 3.48. The monoisotopic (exact) mass is 276 g/mol. The van der Waals surface area contributed by atoms with E-state index < -0.39 is 0 Å². The van der Waals surface area contributed by atoms with Gasteiger partial charge in [-0.2, -0.15) is 0 Å². The minimum atomic E-state index is 1.16. The van der Waals surface area contributed by atoms with E-state index in [-0.39, 0.29) is 0 Å². The molecule has 0 radical (unpaired) electrons. The summed E-state index contributed by atoms with van der Waals surface area (Å²) in [5.41, 5.74) is 1.38. The first kappa shape index (κ1) is 17.0. The van der Waals surface area contributed by atoms with Gasteiger partial charge < -0.3 is 10.2 Å². The van der Waals surface area contributed by atoms with E-state index in [1.807, 2.05) is 0 Å². The van der Waals surface area contributed by atoms with Crippen molar-refractivity contribution in [3.8, 4) is 0 Å². The van der Waals surface area contributed by atoms with Crippen molar-refractivity contribution in [3.63, 3.8) is 0 Å². The van der Waals surface area contributed by atoms with Crippen molar-refractivity contribution >= 4 is 5.69 Å². The van der Waals surface area contributed by atoms with Crippen LogP contribution in [0.15, 0.2) is 30.3 Å². The lowest BCUT2D eigenvalue weighted by molar-refractivity contribution is 0.588. The second kappa shape index (κ2) is 11.8. The fourth-order valence-corrected chi connectivity index (χ4v) is 2.39. The number of nitrogens with one attached hydrogen (secondary N) is 1. The molecule has 0 saturated heterocycles. The molecule has 0 aromatic heterocycles. The van der Waals surface area contributed by atoms with Crippen LogP contribution in [0.4, 0.5) is 5.69 Å². The average molecular weight is 276 g/mol. The van der Waals surface area contributed by atoms with Crippen molar-refractivity contribution in [3.05, 3.63) is 30.3 Å². The Morgan fingerprint density at radius 1 is 0.800 bits per heavy atom. The third-order valence-corrected chi connectivity index (χ3v) is 3.61. The predicted octanol–water partition coefficient (Wildman–Crippen LogP) is 4.46. The number of nitrogens with zero attached hydrogens (tertiary/aromatic N) is 1. The highest BCUT2D eigenvalue weighted by Crippen LogP contribution is 2.15. The van der Waals surface area contributed by atoms with Crippen molar-refractivity contribution in [2.75, 3.05) is 31.1 Å². The smallest absolute Gasteiger partial charge is 0.0366 e. The Labute approximate surface area is 125 Å². The summed E-state index contributed by atoms with van der Waals surface area (Å²) >= 11 is 0. The topological polar surface area (TPSA) is 15.3 Å². The van der Waals surface area contributed by atoms with Crippen molar-refractivity contribution in [1.82, 2.24) is 5.32 Å². The molecule has 0 unspecified atom stereocenters. The van der Waals surface area contributed by atoms with Crippen LogP contribution in [0.3, 0.4) is 0 Å². The molecule has 0 bridgehead atoms. The summed E-state index contributed by atoms with van der Waals surface area (Å²) in [6.45, 7) is 9.20. The number of hydrogen-bond acceptors (Lipinski definition) is 2. The number of anilines is 1. The van der Waals surface area contributed by atoms with Crippen LogP contribution in [0.2, 0.25) is 0 Å². The van der Waals surface area contributed by atoms with Gasteiger partial charge in [-0.1, -0.05) is 44.9 Å². The zero-order chi connectivity index (χ0) is 14.5. The Kier molecular flexibility index (Phi) is 10.0. The van der Waals surface area contributed by atoms with Gasteiger partial charge in [-0.05, 0) is 50.9 Å². The Bertz CT molecular complexity index is 310. The average Bonchev–Trinajstić information content (AvgIpc) is 2.50. The SMILES string of the molecule is CCCCN(CCCCCNCCC)c1ccccc1. The summed E-state index contributed by atoms with van der Waals surface area (Å²) in [6.07, 6.45) is 7.71. The Morgan fingerprint density at radius 2 is 1.55 bits per heavy atom. The van der Waals surface area contributed by atoms with Crippen molar-refractivity contribution < 1.29 is 0 Å². The van der Waals surface area contributed by atoms with Gasteiger partial charge in [0, 0.05) is 18.8 Å². The van der Waals surface area contributed by atoms with Crippen LogP contribution in [0.25, 0.3) is 0 Å². The first-order chi connectivity index (χ1) is 9.88. The van der Waals surface area contributed by atoms with E-state index in [4.69, 9.17) is 0 Å². The van der Waals surface area contributed by atoms with Crippen LogP contribution < -0.4 is 10.2 Å².